The van der Waals surface area contributed by atoms with Crippen LogP contribution in [0.1, 0.15) is 11.1 Å². The minimum Gasteiger partial charge on any atom is -0.472 e. The molecule has 0 aliphatic rings. The second kappa shape index (κ2) is 3.97. The molecule has 0 unspecified atom stereocenters. The fourth-order valence-electron chi connectivity index (χ4n) is 1.41. The van der Waals surface area contributed by atoms with Crippen LogP contribution in [0.3, 0.4) is 0 Å². The molecule has 0 aliphatic heterocycles. The first-order valence-electron chi connectivity index (χ1n) is 4.60. The van der Waals surface area contributed by atoms with Crippen LogP contribution in [0.2, 0.25) is 0 Å². The molecule has 2 rings (SSSR count). The zero-order chi connectivity index (χ0) is 9.80. The van der Waals surface area contributed by atoms with E-state index in [1.54, 1.807) is 12.5 Å². The van der Waals surface area contributed by atoms with Crippen LogP contribution in [0.25, 0.3) is 5.57 Å². The van der Waals surface area contributed by atoms with Gasteiger partial charge in [-0.25, -0.2) is 0 Å². The van der Waals surface area contributed by atoms with Gasteiger partial charge in [-0.2, -0.15) is 0 Å². The molecule has 1 aromatic carbocycles. The maximum absolute atomic E-state index is 5.01. The summed E-state index contributed by atoms with van der Waals surface area (Å²) in [7, 11) is 0. The Morgan fingerprint density at radius 2 is 1.93 bits per heavy atom. The number of hydrogen-bond acceptors (Lipinski definition) is 1. The highest BCUT2D eigenvalue weighted by Gasteiger charge is 2.00. The van der Waals surface area contributed by atoms with Crippen molar-refractivity contribution in [2.75, 3.05) is 0 Å². The summed E-state index contributed by atoms with van der Waals surface area (Å²) in [5.74, 6) is 0. The Balaban J connectivity index is 2.10. The molecule has 0 bridgehead atoms. The number of hydrogen-bond donors (Lipinski definition) is 0. The van der Waals surface area contributed by atoms with Crippen LogP contribution < -0.4 is 0 Å². The lowest BCUT2D eigenvalue weighted by atomic mass is 10.0. The minimum atomic E-state index is 0.875. The fraction of sp³-hybridized carbons (Fsp3) is 0.0769. The molecule has 1 heterocycles. The van der Waals surface area contributed by atoms with Crippen molar-refractivity contribution in [3.63, 3.8) is 0 Å². The van der Waals surface area contributed by atoms with Crippen LogP contribution in [0, 0.1) is 0 Å². The monoisotopic (exact) mass is 184 g/mol. The maximum atomic E-state index is 5.01. The van der Waals surface area contributed by atoms with E-state index in [9.17, 15) is 0 Å². The van der Waals surface area contributed by atoms with E-state index in [1.807, 2.05) is 24.3 Å². The van der Waals surface area contributed by atoms with Crippen molar-refractivity contribution in [2.24, 2.45) is 0 Å². The molecule has 1 nitrogen and oxygen atoms in total. The lowest BCUT2D eigenvalue weighted by molar-refractivity contribution is 0.566. The maximum Gasteiger partial charge on any atom is 0.0977 e. The summed E-state index contributed by atoms with van der Waals surface area (Å²) in [5, 5.41) is 0. The Kier molecular flexibility index (Phi) is 2.50. The lowest BCUT2D eigenvalue weighted by Gasteiger charge is -2.02. The SMILES string of the molecule is C=C(Cc1ccccc1)c1ccoc1. The molecule has 0 saturated heterocycles. The zero-order valence-corrected chi connectivity index (χ0v) is 7.94. The Labute approximate surface area is 83.7 Å². The van der Waals surface area contributed by atoms with Crippen molar-refractivity contribution >= 4 is 5.57 Å². The van der Waals surface area contributed by atoms with Crippen molar-refractivity contribution in [1.29, 1.82) is 0 Å². The van der Waals surface area contributed by atoms with E-state index in [-0.39, 0.29) is 0 Å². The third kappa shape index (κ3) is 1.94. The third-order valence-electron chi connectivity index (χ3n) is 2.19. The van der Waals surface area contributed by atoms with Crippen molar-refractivity contribution in [2.45, 2.75) is 6.42 Å². The highest BCUT2D eigenvalue weighted by Crippen LogP contribution is 2.17. The number of benzene rings is 1. The molecule has 14 heavy (non-hydrogen) atoms. The molecule has 1 aromatic heterocycles. The van der Waals surface area contributed by atoms with E-state index < -0.39 is 0 Å². The molecule has 0 saturated carbocycles. The molecular weight excluding hydrogens is 172 g/mol. The van der Waals surface area contributed by atoms with Gasteiger partial charge in [-0.3, -0.25) is 0 Å². The number of allylic oxidation sites excluding steroid dienone is 1. The van der Waals surface area contributed by atoms with Gasteiger partial charge in [0.2, 0.25) is 0 Å². The standard InChI is InChI=1S/C13H12O/c1-11(13-7-8-14-10-13)9-12-5-3-2-4-6-12/h2-8,10H,1,9H2. The predicted molar refractivity (Wildman–Crippen MR) is 57.9 cm³/mol. The van der Waals surface area contributed by atoms with Gasteiger partial charge in [-0.1, -0.05) is 36.9 Å². The second-order valence-electron chi connectivity index (χ2n) is 3.28. The van der Waals surface area contributed by atoms with Crippen LogP contribution in [-0.4, -0.2) is 0 Å². The smallest absolute Gasteiger partial charge is 0.0977 e. The van der Waals surface area contributed by atoms with E-state index >= 15 is 0 Å². The molecule has 0 N–H and O–H groups in total. The lowest BCUT2D eigenvalue weighted by Crippen LogP contribution is -1.86. The summed E-state index contributed by atoms with van der Waals surface area (Å²) in [4.78, 5) is 0. The van der Waals surface area contributed by atoms with Gasteiger partial charge < -0.3 is 4.42 Å². The average Bonchev–Trinajstić information content (AvgIpc) is 2.72. The molecule has 0 aliphatic carbocycles. The van der Waals surface area contributed by atoms with Crippen molar-refractivity contribution < 1.29 is 4.42 Å². The molecular formula is C13H12O. The molecule has 0 atom stereocenters. The van der Waals surface area contributed by atoms with Crippen LogP contribution in [0.15, 0.2) is 59.9 Å². The quantitative estimate of drug-likeness (QED) is 0.711. The molecule has 0 radical (unpaired) electrons. The Morgan fingerprint density at radius 1 is 1.14 bits per heavy atom. The summed E-state index contributed by atoms with van der Waals surface area (Å²) in [6.07, 6.45) is 4.27. The summed E-state index contributed by atoms with van der Waals surface area (Å²) in [6, 6.07) is 12.2. The first-order valence-corrected chi connectivity index (χ1v) is 4.60. The van der Waals surface area contributed by atoms with E-state index in [0.717, 1.165) is 17.6 Å². The normalized spacial score (nSPS) is 10.0. The van der Waals surface area contributed by atoms with Gasteiger partial charge >= 0.3 is 0 Å². The highest BCUT2D eigenvalue weighted by molar-refractivity contribution is 5.64. The molecule has 70 valence electrons. The van der Waals surface area contributed by atoms with Gasteiger partial charge in [-0.05, 0) is 23.6 Å². The predicted octanol–water partition coefficient (Wildman–Crippen LogP) is 3.54. The summed E-state index contributed by atoms with van der Waals surface area (Å²) >= 11 is 0. The summed E-state index contributed by atoms with van der Waals surface area (Å²) in [6.45, 7) is 4.03. The Morgan fingerprint density at radius 3 is 2.57 bits per heavy atom. The highest BCUT2D eigenvalue weighted by atomic mass is 16.3. The zero-order valence-electron chi connectivity index (χ0n) is 7.94. The van der Waals surface area contributed by atoms with Gasteiger partial charge in [0.05, 0.1) is 12.5 Å². The van der Waals surface area contributed by atoms with Crippen molar-refractivity contribution in [1.82, 2.24) is 0 Å². The van der Waals surface area contributed by atoms with Gasteiger partial charge in [0.15, 0.2) is 0 Å². The Hall–Kier alpha value is -1.76. The topological polar surface area (TPSA) is 13.1 Å². The van der Waals surface area contributed by atoms with Gasteiger partial charge in [0.1, 0.15) is 0 Å². The van der Waals surface area contributed by atoms with Crippen LogP contribution in [-0.2, 0) is 6.42 Å². The molecule has 1 heteroatoms. The first-order chi connectivity index (χ1) is 6.86. The van der Waals surface area contributed by atoms with Crippen LogP contribution in [0.5, 0.6) is 0 Å². The molecule has 0 spiro atoms. The number of rotatable bonds is 3. The van der Waals surface area contributed by atoms with Gasteiger partial charge in [0.25, 0.3) is 0 Å². The van der Waals surface area contributed by atoms with Gasteiger partial charge in [0, 0.05) is 5.56 Å². The van der Waals surface area contributed by atoms with Crippen molar-refractivity contribution in [3.05, 3.63) is 66.6 Å². The van der Waals surface area contributed by atoms with E-state index in [1.165, 1.54) is 5.56 Å². The molecule has 2 aromatic rings. The van der Waals surface area contributed by atoms with E-state index in [4.69, 9.17) is 4.42 Å². The molecule has 0 amide bonds. The number of furan rings is 1. The minimum absolute atomic E-state index is 0.875. The average molecular weight is 184 g/mol. The van der Waals surface area contributed by atoms with Crippen LogP contribution in [0.4, 0.5) is 0 Å². The largest absolute Gasteiger partial charge is 0.472 e. The van der Waals surface area contributed by atoms with E-state index in [2.05, 4.69) is 18.7 Å². The van der Waals surface area contributed by atoms with E-state index in [0.29, 0.717) is 0 Å². The summed E-state index contributed by atoms with van der Waals surface area (Å²) < 4.78 is 5.01. The van der Waals surface area contributed by atoms with Gasteiger partial charge in [-0.15, -0.1) is 0 Å². The summed E-state index contributed by atoms with van der Waals surface area (Å²) in [5.41, 5.74) is 3.44. The first kappa shape index (κ1) is 8.82. The second-order valence-corrected chi connectivity index (χ2v) is 3.28. The van der Waals surface area contributed by atoms with Crippen molar-refractivity contribution in [3.8, 4) is 0 Å². The van der Waals surface area contributed by atoms with Crippen LogP contribution >= 0.6 is 0 Å². The fourth-order valence-corrected chi connectivity index (χ4v) is 1.41. The Bertz CT molecular complexity index is 398. The molecule has 0 fully saturated rings. The third-order valence-corrected chi connectivity index (χ3v) is 2.19.